The Balaban J connectivity index is 1.90. The van der Waals surface area contributed by atoms with Gasteiger partial charge in [-0.3, -0.25) is 9.59 Å². The Morgan fingerprint density at radius 1 is 1.08 bits per heavy atom. The summed E-state index contributed by atoms with van der Waals surface area (Å²) in [5.74, 6) is 0.877. The molecule has 0 radical (unpaired) electrons. The average molecular weight is 346 g/mol. The largest absolute Gasteiger partial charge is 0.319 e. The molecule has 0 bridgehead atoms. The fourth-order valence-electron chi connectivity index (χ4n) is 3.28. The zero-order valence-corrected chi connectivity index (χ0v) is 14.3. The fourth-order valence-corrected chi connectivity index (χ4v) is 3.28. The van der Waals surface area contributed by atoms with Crippen LogP contribution < -0.4 is 15.8 Å². The minimum Gasteiger partial charge on any atom is -0.319 e. The number of fused-ring (bicyclic) bond motifs is 2. The minimum atomic E-state index is -0.230. The Hall–Kier alpha value is -3.41. The first-order chi connectivity index (χ1) is 12.7. The molecule has 130 valence electrons. The number of pyridine rings is 2. The van der Waals surface area contributed by atoms with Crippen LogP contribution in [-0.2, 0) is 6.42 Å². The second-order valence-corrected chi connectivity index (χ2v) is 6.12. The maximum Gasteiger partial charge on any atom is 0.259 e. The van der Waals surface area contributed by atoms with Crippen molar-refractivity contribution in [2.45, 2.75) is 13.3 Å². The van der Waals surface area contributed by atoms with Crippen LogP contribution in [0.2, 0.25) is 0 Å². The van der Waals surface area contributed by atoms with Crippen LogP contribution in [0.4, 0.5) is 17.3 Å². The maximum absolute atomic E-state index is 12.7. The van der Waals surface area contributed by atoms with Crippen LogP contribution in [0, 0.1) is 0 Å². The van der Waals surface area contributed by atoms with Crippen molar-refractivity contribution in [2.75, 3.05) is 16.8 Å². The number of amides is 1. The molecule has 6 nitrogen and oxygen atoms in total. The van der Waals surface area contributed by atoms with Gasteiger partial charge < -0.3 is 15.2 Å². The summed E-state index contributed by atoms with van der Waals surface area (Å²) in [7, 11) is 0. The lowest BCUT2D eigenvalue weighted by Gasteiger charge is -2.23. The third kappa shape index (κ3) is 2.75. The van der Waals surface area contributed by atoms with Crippen molar-refractivity contribution in [1.29, 1.82) is 0 Å². The van der Waals surface area contributed by atoms with E-state index in [9.17, 15) is 9.59 Å². The van der Waals surface area contributed by atoms with Gasteiger partial charge in [-0.2, -0.15) is 0 Å². The van der Waals surface area contributed by atoms with E-state index in [2.05, 4.69) is 15.3 Å². The molecule has 1 aromatic carbocycles. The first kappa shape index (κ1) is 16.1. The number of hydrogen-bond donors (Lipinski definition) is 2. The van der Waals surface area contributed by atoms with Gasteiger partial charge in [-0.25, -0.2) is 4.98 Å². The summed E-state index contributed by atoms with van der Waals surface area (Å²) in [4.78, 5) is 34.2. The molecule has 1 aliphatic heterocycles. The number of nitrogens with one attached hydrogen (secondary N) is 2. The van der Waals surface area contributed by atoms with Crippen LogP contribution in [0.5, 0.6) is 0 Å². The number of rotatable bonds is 3. The van der Waals surface area contributed by atoms with E-state index in [1.807, 2.05) is 42.2 Å². The van der Waals surface area contributed by atoms with E-state index < -0.39 is 0 Å². The van der Waals surface area contributed by atoms with Crippen molar-refractivity contribution >= 4 is 23.2 Å². The SMILES string of the molecule is CCN1c2ncccc2C(=O)Nc2c(Cc3ccccc3)cc(=O)[nH]c21. The van der Waals surface area contributed by atoms with E-state index in [1.165, 1.54) is 0 Å². The molecule has 0 saturated carbocycles. The van der Waals surface area contributed by atoms with Crippen LogP contribution in [-0.4, -0.2) is 22.4 Å². The molecule has 2 aromatic heterocycles. The summed E-state index contributed by atoms with van der Waals surface area (Å²) in [6.07, 6.45) is 2.19. The summed E-state index contributed by atoms with van der Waals surface area (Å²) in [5, 5.41) is 2.97. The van der Waals surface area contributed by atoms with Gasteiger partial charge in [-0.05, 0) is 36.6 Å². The third-order valence-corrected chi connectivity index (χ3v) is 4.45. The molecule has 0 saturated heterocycles. The van der Waals surface area contributed by atoms with Crippen LogP contribution in [0.25, 0.3) is 0 Å². The highest BCUT2D eigenvalue weighted by molar-refractivity contribution is 6.11. The predicted molar refractivity (Wildman–Crippen MR) is 101 cm³/mol. The molecule has 26 heavy (non-hydrogen) atoms. The number of aromatic amines is 1. The number of nitrogens with zero attached hydrogens (tertiary/aromatic N) is 2. The lowest BCUT2D eigenvalue weighted by atomic mass is 10.0. The highest BCUT2D eigenvalue weighted by Crippen LogP contribution is 2.36. The highest BCUT2D eigenvalue weighted by atomic mass is 16.2. The molecule has 4 rings (SSSR count). The molecule has 1 amide bonds. The normalized spacial score (nSPS) is 12.8. The highest BCUT2D eigenvalue weighted by Gasteiger charge is 2.27. The van der Waals surface area contributed by atoms with Gasteiger partial charge in [0.05, 0.1) is 11.3 Å². The number of carbonyl (C=O) groups is 1. The van der Waals surface area contributed by atoms with Crippen molar-refractivity contribution in [3.63, 3.8) is 0 Å². The van der Waals surface area contributed by atoms with E-state index in [4.69, 9.17) is 0 Å². The van der Waals surface area contributed by atoms with Gasteiger partial charge in [0.15, 0.2) is 0 Å². The lowest BCUT2D eigenvalue weighted by Crippen LogP contribution is -2.23. The summed E-state index contributed by atoms with van der Waals surface area (Å²) in [6, 6.07) is 14.9. The second-order valence-electron chi connectivity index (χ2n) is 6.12. The molecule has 0 fully saturated rings. The second kappa shape index (κ2) is 6.48. The van der Waals surface area contributed by atoms with Crippen molar-refractivity contribution in [1.82, 2.24) is 9.97 Å². The molecule has 0 spiro atoms. The Morgan fingerprint density at radius 3 is 2.65 bits per heavy atom. The zero-order chi connectivity index (χ0) is 18.1. The topological polar surface area (TPSA) is 78.1 Å². The van der Waals surface area contributed by atoms with Gasteiger partial charge in [0.2, 0.25) is 5.56 Å². The van der Waals surface area contributed by atoms with Crippen LogP contribution in [0.15, 0.2) is 59.5 Å². The van der Waals surface area contributed by atoms with Crippen LogP contribution in [0.3, 0.4) is 0 Å². The van der Waals surface area contributed by atoms with E-state index in [1.54, 1.807) is 24.4 Å². The molecule has 3 aromatic rings. The van der Waals surface area contributed by atoms with Crippen molar-refractivity contribution in [3.05, 3.63) is 81.8 Å². The molecule has 2 N–H and O–H groups in total. The molecule has 3 heterocycles. The quantitative estimate of drug-likeness (QED) is 0.764. The number of H-pyrrole nitrogens is 1. The molecular formula is C20H18N4O2. The van der Waals surface area contributed by atoms with E-state index in [0.29, 0.717) is 35.9 Å². The molecule has 0 aliphatic carbocycles. The van der Waals surface area contributed by atoms with Crippen LogP contribution >= 0.6 is 0 Å². The van der Waals surface area contributed by atoms with E-state index in [-0.39, 0.29) is 11.5 Å². The number of hydrogen-bond acceptors (Lipinski definition) is 4. The van der Waals surface area contributed by atoms with Crippen LogP contribution in [0.1, 0.15) is 28.4 Å². The molecule has 1 aliphatic rings. The first-order valence-corrected chi connectivity index (χ1v) is 8.51. The summed E-state index contributed by atoms with van der Waals surface area (Å²) >= 11 is 0. The van der Waals surface area contributed by atoms with E-state index >= 15 is 0 Å². The minimum absolute atomic E-state index is 0.207. The molecular weight excluding hydrogens is 328 g/mol. The number of aromatic nitrogens is 2. The predicted octanol–water partition coefficient (Wildman–Crippen LogP) is 3.08. The Morgan fingerprint density at radius 2 is 1.88 bits per heavy atom. The Bertz CT molecular complexity index is 1030. The van der Waals surface area contributed by atoms with Crippen molar-refractivity contribution < 1.29 is 4.79 Å². The van der Waals surface area contributed by atoms with Gasteiger partial charge in [-0.1, -0.05) is 30.3 Å². The maximum atomic E-state index is 12.7. The monoisotopic (exact) mass is 346 g/mol. The van der Waals surface area contributed by atoms with Gasteiger partial charge in [-0.15, -0.1) is 0 Å². The first-order valence-electron chi connectivity index (χ1n) is 8.51. The molecule has 0 atom stereocenters. The summed E-state index contributed by atoms with van der Waals surface area (Å²) in [5.41, 5.74) is 2.74. The van der Waals surface area contributed by atoms with Gasteiger partial charge in [0.1, 0.15) is 11.6 Å². The number of anilines is 3. The van der Waals surface area contributed by atoms with Gasteiger partial charge in [0, 0.05) is 18.8 Å². The standard InChI is InChI=1S/C20H18N4O2/c1-2-24-18-15(9-6-10-21-18)20(26)23-17-14(12-16(25)22-19(17)24)11-13-7-4-3-5-8-13/h3-10,12H,2,11H2,1H3,(H,22,25)(H,23,26). The average Bonchev–Trinajstić information content (AvgIpc) is 2.77. The molecule has 0 unspecified atom stereocenters. The van der Waals surface area contributed by atoms with Gasteiger partial charge >= 0.3 is 0 Å². The third-order valence-electron chi connectivity index (χ3n) is 4.45. The van der Waals surface area contributed by atoms with E-state index in [0.717, 1.165) is 11.1 Å². The Labute approximate surface area is 150 Å². The number of carbonyl (C=O) groups excluding carboxylic acids is 1. The molecule has 6 heteroatoms. The van der Waals surface area contributed by atoms with Crippen molar-refractivity contribution in [3.8, 4) is 0 Å². The number of benzene rings is 1. The van der Waals surface area contributed by atoms with Gasteiger partial charge in [0.25, 0.3) is 5.91 Å². The fraction of sp³-hybridized carbons (Fsp3) is 0.150. The van der Waals surface area contributed by atoms with Crippen molar-refractivity contribution in [2.24, 2.45) is 0 Å². The Kier molecular flexibility index (Phi) is 4.01. The summed E-state index contributed by atoms with van der Waals surface area (Å²) in [6.45, 7) is 2.52. The lowest BCUT2D eigenvalue weighted by molar-refractivity contribution is 0.102. The summed E-state index contributed by atoms with van der Waals surface area (Å²) < 4.78 is 0. The zero-order valence-electron chi connectivity index (χ0n) is 14.3. The smallest absolute Gasteiger partial charge is 0.259 e.